The molecule has 2 aromatic rings. The molecule has 1 unspecified atom stereocenters. The van der Waals surface area contributed by atoms with Gasteiger partial charge in [0.05, 0.1) is 14.2 Å². The SMILES string of the molecule is COc1cc2c(cc1OC)CC(CCCN(C)CCc1ccc(OS(=O)(=O)C(F)(F)F)cc1)CC2.Cl. The van der Waals surface area contributed by atoms with Gasteiger partial charge in [0.2, 0.25) is 0 Å². The lowest BCUT2D eigenvalue weighted by atomic mass is 9.81. The molecule has 0 N–H and O–H groups in total. The number of ether oxygens (including phenoxy) is 2. The summed E-state index contributed by atoms with van der Waals surface area (Å²) in [7, 11) is -0.303. The highest BCUT2D eigenvalue weighted by Gasteiger charge is 2.48. The largest absolute Gasteiger partial charge is 0.534 e. The minimum absolute atomic E-state index is 0. The van der Waals surface area contributed by atoms with Crippen LogP contribution in [0.4, 0.5) is 13.2 Å². The lowest BCUT2D eigenvalue weighted by molar-refractivity contribution is -0.0500. The number of hydrogen-bond donors (Lipinski definition) is 0. The third-order valence-electron chi connectivity index (χ3n) is 6.38. The number of benzene rings is 2. The molecule has 3 rings (SSSR count). The molecule has 202 valence electrons. The monoisotopic (exact) mass is 551 g/mol. The normalized spacial score (nSPS) is 15.7. The van der Waals surface area contributed by atoms with Gasteiger partial charge in [0, 0.05) is 6.54 Å². The van der Waals surface area contributed by atoms with Crippen molar-refractivity contribution in [2.45, 2.75) is 44.0 Å². The molecule has 0 fully saturated rings. The minimum Gasteiger partial charge on any atom is -0.493 e. The minimum atomic E-state index is -5.65. The van der Waals surface area contributed by atoms with Crippen LogP contribution < -0.4 is 13.7 Å². The van der Waals surface area contributed by atoms with Crippen molar-refractivity contribution in [3.63, 3.8) is 0 Å². The van der Waals surface area contributed by atoms with E-state index in [-0.39, 0.29) is 18.2 Å². The van der Waals surface area contributed by atoms with Gasteiger partial charge in [0.25, 0.3) is 0 Å². The van der Waals surface area contributed by atoms with E-state index in [1.54, 1.807) is 26.4 Å². The van der Waals surface area contributed by atoms with E-state index in [1.807, 2.05) is 7.05 Å². The molecule has 0 bridgehead atoms. The summed E-state index contributed by atoms with van der Waals surface area (Å²) in [6.07, 6.45) is 6.15. The number of hydrogen-bond acceptors (Lipinski definition) is 6. The number of halogens is 4. The van der Waals surface area contributed by atoms with Gasteiger partial charge >= 0.3 is 15.6 Å². The Kier molecular flexibility index (Phi) is 10.7. The summed E-state index contributed by atoms with van der Waals surface area (Å²) in [6.45, 7) is 1.73. The van der Waals surface area contributed by atoms with Crippen LogP contribution in [0.3, 0.4) is 0 Å². The van der Waals surface area contributed by atoms with Crippen LogP contribution in [-0.2, 0) is 29.4 Å². The smallest absolute Gasteiger partial charge is 0.493 e. The van der Waals surface area contributed by atoms with Crippen molar-refractivity contribution in [1.82, 2.24) is 4.90 Å². The van der Waals surface area contributed by atoms with Gasteiger partial charge in [0.15, 0.2) is 11.5 Å². The van der Waals surface area contributed by atoms with E-state index in [4.69, 9.17) is 9.47 Å². The maximum Gasteiger partial charge on any atom is 0.534 e. The third-order valence-corrected chi connectivity index (χ3v) is 7.36. The third kappa shape index (κ3) is 7.91. The molecule has 0 radical (unpaired) electrons. The second kappa shape index (κ2) is 12.9. The summed E-state index contributed by atoms with van der Waals surface area (Å²) in [5.41, 5.74) is -1.89. The van der Waals surface area contributed by atoms with Gasteiger partial charge in [-0.3, -0.25) is 0 Å². The predicted molar refractivity (Wildman–Crippen MR) is 135 cm³/mol. The Morgan fingerprint density at radius 1 is 1.00 bits per heavy atom. The fourth-order valence-corrected chi connectivity index (χ4v) is 4.83. The zero-order valence-corrected chi connectivity index (χ0v) is 22.3. The van der Waals surface area contributed by atoms with Crippen LogP contribution in [0.5, 0.6) is 17.2 Å². The van der Waals surface area contributed by atoms with Crippen LogP contribution in [0.2, 0.25) is 0 Å². The average Bonchev–Trinajstić information content (AvgIpc) is 2.81. The number of alkyl halides is 3. The lowest BCUT2D eigenvalue weighted by Crippen LogP contribution is -2.28. The Labute approximate surface area is 217 Å². The maximum absolute atomic E-state index is 12.4. The summed E-state index contributed by atoms with van der Waals surface area (Å²) in [6, 6.07) is 9.83. The van der Waals surface area contributed by atoms with Gasteiger partial charge in [0.1, 0.15) is 5.75 Å². The Morgan fingerprint density at radius 3 is 2.19 bits per heavy atom. The van der Waals surface area contributed by atoms with Crippen molar-refractivity contribution in [3.8, 4) is 17.2 Å². The van der Waals surface area contributed by atoms with Gasteiger partial charge in [-0.05, 0) is 99.0 Å². The molecule has 0 spiro atoms. The van der Waals surface area contributed by atoms with Crippen LogP contribution >= 0.6 is 12.4 Å². The summed E-state index contributed by atoms with van der Waals surface area (Å²) in [4.78, 5) is 2.23. The van der Waals surface area contributed by atoms with Crippen LogP contribution in [-0.4, -0.2) is 53.2 Å². The van der Waals surface area contributed by atoms with Crippen molar-refractivity contribution in [3.05, 3.63) is 53.1 Å². The van der Waals surface area contributed by atoms with Gasteiger partial charge in [-0.1, -0.05) is 12.1 Å². The molecule has 0 amide bonds. The van der Waals surface area contributed by atoms with Gasteiger partial charge in [-0.2, -0.15) is 21.6 Å². The molecule has 6 nitrogen and oxygen atoms in total. The fourth-order valence-electron chi connectivity index (χ4n) is 4.37. The Morgan fingerprint density at radius 2 is 1.61 bits per heavy atom. The predicted octanol–water partition coefficient (Wildman–Crippen LogP) is 5.41. The molecule has 1 aliphatic carbocycles. The molecular weight excluding hydrogens is 519 g/mol. The molecule has 0 saturated carbocycles. The van der Waals surface area contributed by atoms with E-state index < -0.39 is 15.6 Å². The van der Waals surface area contributed by atoms with Crippen LogP contribution in [0, 0.1) is 5.92 Å². The molecule has 0 aromatic heterocycles. The summed E-state index contributed by atoms with van der Waals surface area (Å²) in [5, 5.41) is 0. The van der Waals surface area contributed by atoms with Crippen molar-refractivity contribution >= 4 is 22.5 Å². The first-order valence-electron chi connectivity index (χ1n) is 11.5. The van der Waals surface area contributed by atoms with E-state index >= 15 is 0 Å². The highest BCUT2D eigenvalue weighted by Crippen LogP contribution is 2.36. The zero-order valence-electron chi connectivity index (χ0n) is 20.6. The van der Waals surface area contributed by atoms with Crippen LogP contribution in [0.15, 0.2) is 36.4 Å². The fraction of sp³-hybridized carbons (Fsp3) is 0.520. The second-order valence-electron chi connectivity index (χ2n) is 8.91. The van der Waals surface area contributed by atoms with Crippen molar-refractivity contribution in [2.24, 2.45) is 5.92 Å². The number of likely N-dealkylation sites (N-methyl/N-ethyl adjacent to an activating group) is 1. The number of methoxy groups -OCH3 is 2. The molecule has 0 heterocycles. The lowest BCUT2D eigenvalue weighted by Gasteiger charge is -2.26. The van der Waals surface area contributed by atoms with E-state index in [0.717, 1.165) is 62.3 Å². The van der Waals surface area contributed by atoms with Crippen molar-refractivity contribution in [2.75, 3.05) is 34.4 Å². The van der Waals surface area contributed by atoms with E-state index in [1.165, 1.54) is 23.3 Å². The van der Waals surface area contributed by atoms with Gasteiger partial charge < -0.3 is 18.6 Å². The highest BCUT2D eigenvalue weighted by molar-refractivity contribution is 7.88. The molecular formula is C25H33ClF3NO5S. The average molecular weight is 552 g/mol. The van der Waals surface area contributed by atoms with Crippen LogP contribution in [0.1, 0.15) is 36.0 Å². The molecule has 36 heavy (non-hydrogen) atoms. The Balaban J connectivity index is 0.00000456. The molecule has 2 aromatic carbocycles. The second-order valence-corrected chi connectivity index (χ2v) is 10.4. The molecule has 1 atom stereocenters. The maximum atomic E-state index is 12.4. The highest BCUT2D eigenvalue weighted by atomic mass is 35.5. The van der Waals surface area contributed by atoms with Gasteiger partial charge in [-0.15, -0.1) is 12.4 Å². The standard InChI is InChI=1S/C25H32F3NO5S.ClH/c1-29(14-12-18-7-10-22(11-8-18)34-35(30,31)25(26,27)28)13-4-5-19-6-9-20-16-23(32-2)24(33-3)17-21(20)15-19;/h7-8,10-11,16-17,19H,4-6,9,12-15H2,1-3H3;1H. The number of aryl methyl sites for hydroxylation is 1. The first-order valence-corrected chi connectivity index (χ1v) is 12.9. The quantitative estimate of drug-likeness (QED) is 0.275. The summed E-state index contributed by atoms with van der Waals surface area (Å²) < 4.78 is 74.4. The molecule has 0 saturated heterocycles. The Hall–Kier alpha value is -2.17. The number of rotatable bonds is 11. The topological polar surface area (TPSA) is 65.1 Å². The first kappa shape index (κ1) is 30.1. The van der Waals surface area contributed by atoms with Crippen LogP contribution in [0.25, 0.3) is 0 Å². The zero-order chi connectivity index (χ0) is 25.6. The molecule has 11 heteroatoms. The van der Waals surface area contributed by atoms with E-state index in [2.05, 4.69) is 21.2 Å². The molecule has 0 aliphatic heterocycles. The first-order chi connectivity index (χ1) is 16.5. The van der Waals surface area contributed by atoms with Crippen molar-refractivity contribution in [1.29, 1.82) is 0 Å². The summed E-state index contributed by atoms with van der Waals surface area (Å²) in [5.74, 6) is 1.83. The van der Waals surface area contributed by atoms with E-state index in [9.17, 15) is 21.6 Å². The number of nitrogens with zero attached hydrogens (tertiary/aromatic N) is 1. The summed E-state index contributed by atoms with van der Waals surface area (Å²) >= 11 is 0. The van der Waals surface area contributed by atoms with Gasteiger partial charge in [-0.25, -0.2) is 0 Å². The molecule has 1 aliphatic rings. The Bertz CT molecular complexity index is 1090. The van der Waals surface area contributed by atoms with E-state index in [0.29, 0.717) is 12.3 Å². The van der Waals surface area contributed by atoms with Crippen molar-refractivity contribution < 1.29 is 35.2 Å². The number of fused-ring (bicyclic) bond motifs is 1.